The van der Waals surface area contributed by atoms with E-state index in [1.54, 1.807) is 13.8 Å². The highest BCUT2D eigenvalue weighted by atomic mass is 16.6. The van der Waals surface area contributed by atoms with Gasteiger partial charge in [-0.3, -0.25) is 28.8 Å². The van der Waals surface area contributed by atoms with Crippen molar-refractivity contribution in [2.24, 2.45) is 10.8 Å². The van der Waals surface area contributed by atoms with Gasteiger partial charge in [0.2, 0.25) is 0 Å². The maximum atomic E-state index is 13.3. The fourth-order valence-corrected chi connectivity index (χ4v) is 8.23. The molecular weight excluding hydrogens is 1010 g/mol. The number of hydrogen-bond acceptors (Lipinski definition) is 12. The molecule has 20 heteroatoms. The van der Waals surface area contributed by atoms with Gasteiger partial charge in [0.15, 0.2) is 23.8 Å². The third-order valence-electron chi connectivity index (χ3n) is 12.5. The second-order valence-electron chi connectivity index (χ2n) is 20.3. The number of carbonyl (C=O) groups excluding carboxylic acids is 6. The Labute approximate surface area is 455 Å². The van der Waals surface area contributed by atoms with E-state index in [-0.39, 0.29) is 63.2 Å². The van der Waals surface area contributed by atoms with Crippen LogP contribution < -0.4 is 21.3 Å². The van der Waals surface area contributed by atoms with Crippen molar-refractivity contribution < 1.29 is 77.8 Å². The molecule has 78 heavy (non-hydrogen) atoms. The van der Waals surface area contributed by atoms with Gasteiger partial charge in [-0.2, -0.15) is 0 Å². The van der Waals surface area contributed by atoms with Crippen LogP contribution in [-0.2, 0) is 47.8 Å². The maximum Gasteiger partial charge on any atom is 0.326 e. The van der Waals surface area contributed by atoms with Crippen molar-refractivity contribution >= 4 is 59.4 Å². The predicted molar refractivity (Wildman–Crippen MR) is 292 cm³/mol. The summed E-state index contributed by atoms with van der Waals surface area (Å²) in [6, 6.07) is -5.01. The lowest BCUT2D eigenvalue weighted by Crippen LogP contribution is -2.47. The van der Waals surface area contributed by atoms with Gasteiger partial charge < -0.3 is 51.2 Å². The number of urea groups is 2. The summed E-state index contributed by atoms with van der Waals surface area (Å²) in [6.45, 7) is 19.1. The Hall–Kier alpha value is -8.16. The number of carboxylic acid groups (broad SMARTS) is 4. The highest BCUT2D eigenvalue weighted by Gasteiger charge is 2.41. The molecule has 0 aromatic carbocycles. The van der Waals surface area contributed by atoms with Crippen LogP contribution in [0.2, 0.25) is 0 Å². The molecule has 2 aliphatic carbocycles. The quantitative estimate of drug-likeness (QED) is 0.0209. The molecule has 0 aliphatic heterocycles. The molecule has 0 fully saturated rings. The summed E-state index contributed by atoms with van der Waals surface area (Å²) in [4.78, 5) is 120. The second-order valence-corrected chi connectivity index (χ2v) is 20.3. The summed E-state index contributed by atoms with van der Waals surface area (Å²) >= 11 is 0. The zero-order valence-corrected chi connectivity index (χ0v) is 46.2. The highest BCUT2D eigenvalue weighted by Crippen LogP contribution is 2.42. The number of ether oxygens (including phenoxy) is 2. The molecule has 0 aromatic heterocycles. The normalized spacial score (nSPS) is 19.2. The molecule has 4 amide bonds. The number of aliphatic carboxylic acids is 4. The summed E-state index contributed by atoms with van der Waals surface area (Å²) in [5, 5.41) is 44.6. The van der Waals surface area contributed by atoms with E-state index in [4.69, 9.17) is 29.9 Å². The fourth-order valence-electron chi connectivity index (χ4n) is 8.23. The van der Waals surface area contributed by atoms with Gasteiger partial charge in [0.05, 0.1) is 12.8 Å². The lowest BCUT2D eigenvalue weighted by Gasteiger charge is -2.36. The van der Waals surface area contributed by atoms with Gasteiger partial charge >= 0.3 is 47.9 Å². The molecule has 2 rings (SSSR count). The molecule has 2 aliphatic rings. The first-order valence-electron chi connectivity index (χ1n) is 25.4. The number of amides is 4. The van der Waals surface area contributed by atoms with E-state index in [2.05, 4.69) is 21.3 Å². The number of allylic oxidation sites excluding steroid dienone is 20. The predicted octanol–water partition coefficient (Wildman–Crippen LogP) is 8.02. The standard InChI is InChI=1S/C58H76N4O16/c1-35(19-13-21-37(3)25-27-41-39(5)51(69)45(33-57(41,7)8)77-49(67)23-15-29-59-55(75)61-43(53(71)72)31-47(63)64)17-11-12-18-36(2)20-14-22-38(4)26-28-42-40(6)52(70)46(34-58(42,9)10)78-50(68)24-16-30-60-56(76)62-44(54(73)74)32-48(65)66/h11-14,17-22,25-28,43-46H,15-16,23-24,29-34H2,1-10H3,(H,63,64)(H,65,66)(H,71,72)(H,73,74)(H2,59,61,75)(H2,60,62,76)/b12-11+,19-13+,20-14+,27-25+,28-26+,35-17+,36-18+,37-21+,38-22+. The Morgan fingerprint density at radius 3 is 1.18 bits per heavy atom. The van der Waals surface area contributed by atoms with E-state index >= 15 is 0 Å². The summed E-state index contributed by atoms with van der Waals surface area (Å²) < 4.78 is 11.1. The van der Waals surface area contributed by atoms with Crippen LogP contribution in [0.5, 0.6) is 0 Å². The number of carbonyl (C=O) groups is 10. The van der Waals surface area contributed by atoms with Crippen molar-refractivity contribution in [2.75, 3.05) is 13.1 Å². The lowest BCUT2D eigenvalue weighted by atomic mass is 9.71. The van der Waals surface area contributed by atoms with Crippen LogP contribution in [0.15, 0.2) is 130 Å². The molecule has 0 spiro atoms. The van der Waals surface area contributed by atoms with Gasteiger partial charge in [0, 0.05) is 38.8 Å². The Bertz CT molecular complexity index is 2470. The molecule has 0 bridgehead atoms. The average molecular weight is 1090 g/mol. The van der Waals surface area contributed by atoms with Crippen LogP contribution in [0.3, 0.4) is 0 Å². The Balaban J connectivity index is 1.89. The van der Waals surface area contributed by atoms with Gasteiger partial charge in [0.25, 0.3) is 0 Å². The minimum absolute atomic E-state index is 0.0175. The highest BCUT2D eigenvalue weighted by molar-refractivity contribution is 6.02. The van der Waals surface area contributed by atoms with E-state index in [0.29, 0.717) is 11.1 Å². The van der Waals surface area contributed by atoms with Crippen molar-refractivity contribution in [3.8, 4) is 0 Å². The number of hydrogen-bond donors (Lipinski definition) is 8. The lowest BCUT2D eigenvalue weighted by molar-refractivity contribution is -0.156. The second kappa shape index (κ2) is 31.8. The van der Waals surface area contributed by atoms with Crippen molar-refractivity contribution in [3.63, 3.8) is 0 Å². The molecular formula is C58H76N4O16. The first-order chi connectivity index (χ1) is 36.4. The van der Waals surface area contributed by atoms with Crippen LogP contribution in [0.1, 0.15) is 121 Å². The van der Waals surface area contributed by atoms with Crippen molar-refractivity contribution in [1.82, 2.24) is 21.3 Å². The van der Waals surface area contributed by atoms with Gasteiger partial charge in [-0.15, -0.1) is 0 Å². The first-order valence-corrected chi connectivity index (χ1v) is 25.4. The molecule has 4 atom stereocenters. The molecule has 0 aromatic rings. The van der Waals surface area contributed by atoms with Crippen molar-refractivity contribution in [3.05, 3.63) is 130 Å². The average Bonchev–Trinajstić information content (AvgIpc) is 3.33. The molecule has 8 N–H and O–H groups in total. The van der Waals surface area contributed by atoms with Crippen molar-refractivity contribution in [2.45, 2.75) is 145 Å². The molecule has 0 heterocycles. The number of rotatable bonds is 28. The van der Waals surface area contributed by atoms with Gasteiger partial charge in [-0.05, 0) is 87.5 Å². The molecule has 20 nitrogen and oxygen atoms in total. The zero-order chi connectivity index (χ0) is 58.9. The fraction of sp³-hybridized carbons (Fsp3) is 0.448. The molecule has 0 radical (unpaired) electrons. The Morgan fingerprint density at radius 1 is 0.538 bits per heavy atom. The van der Waals surface area contributed by atoms with E-state index in [0.717, 1.165) is 33.4 Å². The maximum absolute atomic E-state index is 13.3. The number of esters is 2. The van der Waals surface area contributed by atoms with E-state index in [1.807, 2.05) is 140 Å². The van der Waals surface area contributed by atoms with Crippen LogP contribution in [-0.4, -0.2) is 117 Å². The largest absolute Gasteiger partial charge is 0.481 e. The third kappa shape index (κ3) is 23.8. The molecule has 4 unspecified atom stereocenters. The van der Waals surface area contributed by atoms with E-state index in [9.17, 15) is 47.9 Å². The van der Waals surface area contributed by atoms with Crippen LogP contribution >= 0.6 is 0 Å². The summed E-state index contributed by atoms with van der Waals surface area (Å²) in [7, 11) is 0. The van der Waals surface area contributed by atoms with E-state index < -0.39 is 95.8 Å². The molecule has 0 saturated heterocycles. The molecule has 0 saturated carbocycles. The monoisotopic (exact) mass is 1080 g/mol. The number of Topliss-reactive ketones (excluding diaryl/α,β-unsaturated/α-hetero) is 2. The van der Waals surface area contributed by atoms with Crippen molar-refractivity contribution in [1.29, 1.82) is 0 Å². The number of ketones is 2. The van der Waals surface area contributed by atoms with Gasteiger partial charge in [-0.1, -0.05) is 135 Å². The Morgan fingerprint density at radius 2 is 0.859 bits per heavy atom. The zero-order valence-electron chi connectivity index (χ0n) is 46.2. The SMILES string of the molecule is CC1=C(/C=C/C(C)=C/C=C/C(C)=C/C=C/C=C(C)/C=C/C=C(C)/C=C/C2=C(C)C(=O)C(OC(=O)CCCNC(=O)NC(CC(=O)O)C(=O)O)CC2(C)C)C(C)(C)CC(OC(=O)CCCNC(=O)NC(CC(=O)O)C(=O)O)C1=O. The first kappa shape index (κ1) is 66.0. The Kier molecular flexibility index (Phi) is 26.9. The van der Waals surface area contributed by atoms with Crippen LogP contribution in [0, 0.1) is 10.8 Å². The van der Waals surface area contributed by atoms with Gasteiger partial charge in [0.1, 0.15) is 12.1 Å². The summed E-state index contributed by atoms with van der Waals surface area (Å²) in [6.07, 6.45) is 24.3. The van der Waals surface area contributed by atoms with Gasteiger partial charge in [-0.25, -0.2) is 19.2 Å². The topological polar surface area (TPSA) is 318 Å². The number of carboxylic acids is 4. The van der Waals surface area contributed by atoms with E-state index in [1.165, 1.54) is 0 Å². The van der Waals surface area contributed by atoms with Crippen LogP contribution in [0.4, 0.5) is 9.59 Å². The third-order valence-corrected chi connectivity index (χ3v) is 12.5. The minimum atomic E-state index is -1.61. The number of nitrogens with one attached hydrogen (secondary N) is 4. The minimum Gasteiger partial charge on any atom is -0.481 e. The van der Waals surface area contributed by atoms with Crippen LogP contribution in [0.25, 0.3) is 0 Å². The summed E-state index contributed by atoms with van der Waals surface area (Å²) in [5.74, 6) is -7.62. The smallest absolute Gasteiger partial charge is 0.326 e. The molecule has 424 valence electrons. The summed E-state index contributed by atoms with van der Waals surface area (Å²) in [5.41, 5.74) is 5.56.